The van der Waals surface area contributed by atoms with Crippen molar-refractivity contribution in [2.45, 2.75) is 70.7 Å². The first-order chi connectivity index (χ1) is 17.3. The van der Waals surface area contributed by atoms with Crippen molar-refractivity contribution >= 4 is 11.8 Å². The van der Waals surface area contributed by atoms with E-state index in [0.29, 0.717) is 37.2 Å². The molecule has 0 bridgehead atoms. The number of benzene rings is 1. The number of hydrogen-bond acceptors (Lipinski definition) is 3. The Bertz CT molecular complexity index is 1190. The van der Waals surface area contributed by atoms with Crippen LogP contribution in [-0.4, -0.2) is 40.5 Å². The summed E-state index contributed by atoms with van der Waals surface area (Å²) in [5.41, 5.74) is -2.54. The second-order valence-electron chi connectivity index (χ2n) is 9.32. The van der Waals surface area contributed by atoms with Gasteiger partial charge in [0.1, 0.15) is 5.69 Å². The third-order valence-electron chi connectivity index (χ3n) is 6.96. The number of amides is 2. The monoisotopic (exact) mass is 531 g/mol. The molecule has 0 spiro atoms. The lowest BCUT2D eigenvalue weighted by atomic mass is 9.95. The Morgan fingerprint density at radius 3 is 2.43 bits per heavy atom. The van der Waals surface area contributed by atoms with Gasteiger partial charge in [-0.3, -0.25) is 9.59 Å². The highest BCUT2D eigenvalue weighted by Crippen LogP contribution is 2.40. The lowest BCUT2D eigenvalue weighted by Crippen LogP contribution is -2.35. The number of hydrogen-bond donors (Lipinski definition) is 1. The Morgan fingerprint density at radius 2 is 1.84 bits per heavy atom. The SMILES string of the molecule is CC[C@@H](NC(=O)c1cc(C(=O)N2CCCC2C)n2c1COCC2)c1ccc(C(F)(F)F)cc1C(F)(F)F. The van der Waals surface area contributed by atoms with Gasteiger partial charge in [-0.15, -0.1) is 0 Å². The van der Waals surface area contributed by atoms with Crippen molar-refractivity contribution in [3.8, 4) is 0 Å². The summed E-state index contributed by atoms with van der Waals surface area (Å²) in [4.78, 5) is 28.3. The maximum atomic E-state index is 13.7. The Hall–Kier alpha value is -3.02. The van der Waals surface area contributed by atoms with Crippen LogP contribution in [0.25, 0.3) is 0 Å². The van der Waals surface area contributed by atoms with E-state index >= 15 is 0 Å². The minimum Gasteiger partial charge on any atom is -0.373 e. The fraction of sp³-hybridized carbons (Fsp3) is 0.520. The number of alkyl halides is 6. The molecule has 202 valence electrons. The zero-order valence-electron chi connectivity index (χ0n) is 20.3. The van der Waals surface area contributed by atoms with Crippen LogP contribution >= 0.6 is 0 Å². The average molecular weight is 531 g/mol. The van der Waals surface area contributed by atoms with E-state index < -0.39 is 41.0 Å². The van der Waals surface area contributed by atoms with Crippen LogP contribution in [0.5, 0.6) is 0 Å². The van der Waals surface area contributed by atoms with Crippen LogP contribution in [0.4, 0.5) is 26.3 Å². The topological polar surface area (TPSA) is 63.6 Å². The number of fused-ring (bicyclic) bond motifs is 1. The van der Waals surface area contributed by atoms with Crippen molar-refractivity contribution in [1.29, 1.82) is 0 Å². The molecule has 2 atom stereocenters. The summed E-state index contributed by atoms with van der Waals surface area (Å²) in [5.74, 6) is -0.969. The number of ether oxygens (including phenoxy) is 1. The number of halogens is 6. The van der Waals surface area contributed by atoms with E-state index in [0.717, 1.165) is 18.9 Å². The predicted molar refractivity (Wildman–Crippen MR) is 121 cm³/mol. The van der Waals surface area contributed by atoms with Crippen molar-refractivity contribution in [1.82, 2.24) is 14.8 Å². The normalized spacial score (nSPS) is 19.0. The van der Waals surface area contributed by atoms with Crippen molar-refractivity contribution in [2.24, 2.45) is 0 Å². The molecule has 37 heavy (non-hydrogen) atoms. The van der Waals surface area contributed by atoms with Crippen LogP contribution in [0, 0.1) is 0 Å². The first-order valence-corrected chi connectivity index (χ1v) is 12.0. The van der Waals surface area contributed by atoms with Gasteiger partial charge in [-0.05, 0) is 49.9 Å². The van der Waals surface area contributed by atoms with Gasteiger partial charge in [0.2, 0.25) is 0 Å². The molecule has 12 heteroatoms. The molecule has 0 aliphatic carbocycles. The molecule has 1 fully saturated rings. The van der Waals surface area contributed by atoms with E-state index in [4.69, 9.17) is 4.74 Å². The molecule has 1 saturated heterocycles. The number of carbonyl (C=O) groups is 2. The van der Waals surface area contributed by atoms with E-state index in [1.807, 2.05) is 6.92 Å². The van der Waals surface area contributed by atoms with Gasteiger partial charge in [0.15, 0.2) is 0 Å². The van der Waals surface area contributed by atoms with Gasteiger partial charge in [0.25, 0.3) is 11.8 Å². The molecule has 2 aliphatic heterocycles. The molecule has 0 saturated carbocycles. The number of likely N-dealkylation sites (tertiary alicyclic amines) is 1. The third kappa shape index (κ3) is 5.34. The average Bonchev–Trinajstić information content (AvgIpc) is 3.44. The van der Waals surface area contributed by atoms with Crippen molar-refractivity contribution in [3.63, 3.8) is 0 Å². The van der Waals surface area contributed by atoms with Crippen LogP contribution in [0.1, 0.15) is 82.4 Å². The number of nitrogens with one attached hydrogen (secondary N) is 1. The fourth-order valence-electron chi connectivity index (χ4n) is 5.00. The van der Waals surface area contributed by atoms with Crippen LogP contribution in [0.3, 0.4) is 0 Å². The van der Waals surface area contributed by atoms with E-state index in [1.54, 1.807) is 9.47 Å². The smallest absolute Gasteiger partial charge is 0.373 e. The largest absolute Gasteiger partial charge is 0.416 e. The highest BCUT2D eigenvalue weighted by Gasteiger charge is 2.40. The highest BCUT2D eigenvalue weighted by atomic mass is 19.4. The maximum Gasteiger partial charge on any atom is 0.416 e. The van der Waals surface area contributed by atoms with Gasteiger partial charge in [-0.1, -0.05) is 13.0 Å². The van der Waals surface area contributed by atoms with Crippen LogP contribution in [0.2, 0.25) is 0 Å². The molecule has 2 amide bonds. The summed E-state index contributed by atoms with van der Waals surface area (Å²) in [6, 6.07) is 1.64. The summed E-state index contributed by atoms with van der Waals surface area (Å²) in [6.07, 6.45) is -8.30. The Balaban J connectivity index is 1.67. The highest BCUT2D eigenvalue weighted by molar-refractivity contribution is 6.01. The maximum absolute atomic E-state index is 13.7. The van der Waals surface area contributed by atoms with Gasteiger partial charge in [0.05, 0.1) is 41.6 Å². The van der Waals surface area contributed by atoms with Gasteiger partial charge in [-0.25, -0.2) is 0 Å². The number of aromatic nitrogens is 1. The molecule has 3 heterocycles. The zero-order valence-corrected chi connectivity index (χ0v) is 20.3. The molecular formula is C25H27F6N3O3. The van der Waals surface area contributed by atoms with Gasteiger partial charge in [-0.2, -0.15) is 26.3 Å². The summed E-state index contributed by atoms with van der Waals surface area (Å²) in [6.45, 7) is 4.75. The summed E-state index contributed by atoms with van der Waals surface area (Å²) >= 11 is 0. The molecule has 4 rings (SSSR count). The molecule has 1 N–H and O–H groups in total. The zero-order chi connectivity index (χ0) is 27.1. The van der Waals surface area contributed by atoms with E-state index in [1.165, 1.54) is 13.0 Å². The summed E-state index contributed by atoms with van der Waals surface area (Å²) in [5, 5.41) is 2.54. The minimum absolute atomic E-state index is 0.0101. The molecule has 6 nitrogen and oxygen atoms in total. The van der Waals surface area contributed by atoms with E-state index in [9.17, 15) is 35.9 Å². The molecule has 2 aliphatic rings. The standard InChI is InChI=1S/C25H27F6N3O3/c1-3-19(16-7-6-15(24(26,27)28)11-18(16)25(29,30)31)32-22(35)17-12-20(34-9-10-37-13-21(17)34)23(36)33-8-4-5-14(33)2/h6-7,11-12,14,19H,3-5,8-10,13H2,1-2H3,(H,32,35)/t14?,19-/m1/s1. The molecule has 1 aromatic carbocycles. The minimum atomic E-state index is -5.07. The first kappa shape index (κ1) is 27.0. The van der Waals surface area contributed by atoms with Crippen LogP contribution < -0.4 is 5.32 Å². The van der Waals surface area contributed by atoms with Crippen LogP contribution in [0.15, 0.2) is 24.3 Å². The van der Waals surface area contributed by atoms with Crippen molar-refractivity contribution in [2.75, 3.05) is 13.2 Å². The summed E-state index contributed by atoms with van der Waals surface area (Å²) in [7, 11) is 0. The fourth-order valence-corrected chi connectivity index (χ4v) is 5.00. The lowest BCUT2D eigenvalue weighted by molar-refractivity contribution is -0.143. The lowest BCUT2D eigenvalue weighted by Gasteiger charge is -2.24. The third-order valence-corrected chi connectivity index (χ3v) is 6.96. The van der Waals surface area contributed by atoms with Gasteiger partial charge >= 0.3 is 12.4 Å². The number of carbonyl (C=O) groups excluding carboxylic acids is 2. The van der Waals surface area contributed by atoms with Gasteiger partial charge < -0.3 is 19.5 Å². The van der Waals surface area contributed by atoms with Crippen molar-refractivity contribution in [3.05, 3.63) is 57.9 Å². The quantitative estimate of drug-likeness (QED) is 0.514. The first-order valence-electron chi connectivity index (χ1n) is 12.0. The van der Waals surface area contributed by atoms with Crippen LogP contribution in [-0.2, 0) is 30.2 Å². The number of nitrogens with zero attached hydrogens (tertiary/aromatic N) is 2. The Kier molecular flexibility index (Phi) is 7.33. The van der Waals surface area contributed by atoms with E-state index in [-0.39, 0.29) is 36.6 Å². The van der Waals surface area contributed by atoms with E-state index in [2.05, 4.69) is 5.32 Å². The number of rotatable bonds is 5. The van der Waals surface area contributed by atoms with Crippen molar-refractivity contribution < 1.29 is 40.7 Å². The second kappa shape index (κ2) is 10.0. The molecule has 1 unspecified atom stereocenters. The van der Waals surface area contributed by atoms with Gasteiger partial charge in [0, 0.05) is 19.1 Å². The molecule has 0 radical (unpaired) electrons. The Labute approximate surface area is 209 Å². The predicted octanol–water partition coefficient (Wildman–Crippen LogP) is 5.56. The molecule has 2 aromatic rings. The Morgan fingerprint density at radius 1 is 1.11 bits per heavy atom. The molecule has 1 aromatic heterocycles. The second-order valence-corrected chi connectivity index (χ2v) is 9.32. The summed E-state index contributed by atoms with van der Waals surface area (Å²) < 4.78 is 87.6. The molecular weight excluding hydrogens is 504 g/mol.